The number of fused-ring (bicyclic) bond motifs is 5. The van der Waals surface area contributed by atoms with Gasteiger partial charge >= 0.3 is 6.03 Å². The molecule has 218 valence electrons. The molecule has 2 aromatic rings. The standard InChI is InChI=1S/C30H37N5O6/c1-3-33-18-27(36)31-25-17-34(29(38)19-35-13-12-32(2)30(35)39)11-10-26(25)40-20-22-7-5-9-24(15-22)41-23-8-4-6-21(14-23)16-28(33)37/h4-9,14-15,25-26H,3,10-13,16-20H2,1-2H3,(H,31,36)/t25-,26-/m0/s1. The van der Waals surface area contributed by atoms with E-state index in [0.717, 1.165) is 11.1 Å². The van der Waals surface area contributed by atoms with Gasteiger partial charge in [0.2, 0.25) is 17.7 Å². The summed E-state index contributed by atoms with van der Waals surface area (Å²) in [6.45, 7) is 4.22. The Kier molecular flexibility index (Phi) is 8.72. The summed E-state index contributed by atoms with van der Waals surface area (Å²) in [6, 6.07) is 14.4. The molecule has 2 saturated heterocycles. The summed E-state index contributed by atoms with van der Waals surface area (Å²) in [5.41, 5.74) is 1.70. The molecular weight excluding hydrogens is 526 g/mol. The molecule has 11 nitrogen and oxygen atoms in total. The number of amides is 5. The van der Waals surface area contributed by atoms with E-state index >= 15 is 0 Å². The van der Waals surface area contributed by atoms with Gasteiger partial charge in [-0.1, -0.05) is 24.3 Å². The zero-order valence-electron chi connectivity index (χ0n) is 23.6. The van der Waals surface area contributed by atoms with E-state index in [-0.39, 0.29) is 55.9 Å². The molecule has 4 bridgehead atoms. The first-order valence-corrected chi connectivity index (χ1v) is 14.1. The second-order valence-electron chi connectivity index (χ2n) is 10.8. The fraction of sp³-hybridized carbons (Fsp3) is 0.467. The summed E-state index contributed by atoms with van der Waals surface area (Å²) in [5.74, 6) is 0.633. The van der Waals surface area contributed by atoms with E-state index in [0.29, 0.717) is 50.7 Å². The second kappa shape index (κ2) is 12.6. The molecule has 0 aromatic heterocycles. The van der Waals surface area contributed by atoms with Crippen molar-refractivity contribution in [2.24, 2.45) is 0 Å². The topological polar surface area (TPSA) is 112 Å². The van der Waals surface area contributed by atoms with Crippen LogP contribution in [-0.4, -0.2) is 108 Å². The van der Waals surface area contributed by atoms with Gasteiger partial charge in [-0.2, -0.15) is 0 Å². The van der Waals surface area contributed by atoms with Gasteiger partial charge in [-0.15, -0.1) is 0 Å². The van der Waals surface area contributed by atoms with Crippen LogP contribution >= 0.6 is 0 Å². The number of hydrogen-bond donors (Lipinski definition) is 1. The Bertz CT molecular complexity index is 1300. The summed E-state index contributed by atoms with van der Waals surface area (Å²) >= 11 is 0. The first-order chi connectivity index (χ1) is 19.8. The van der Waals surface area contributed by atoms with Crippen LogP contribution in [0.1, 0.15) is 24.5 Å². The van der Waals surface area contributed by atoms with Gasteiger partial charge in [-0.25, -0.2) is 4.79 Å². The summed E-state index contributed by atoms with van der Waals surface area (Å²) in [6.07, 6.45) is 0.312. The third kappa shape index (κ3) is 6.97. The highest BCUT2D eigenvalue weighted by atomic mass is 16.5. The zero-order valence-corrected chi connectivity index (χ0v) is 23.6. The van der Waals surface area contributed by atoms with Crippen molar-refractivity contribution in [1.29, 1.82) is 0 Å². The van der Waals surface area contributed by atoms with Crippen molar-refractivity contribution >= 4 is 23.8 Å². The Morgan fingerprint density at radius 2 is 1.71 bits per heavy atom. The van der Waals surface area contributed by atoms with E-state index in [1.165, 1.54) is 4.90 Å². The number of piperidine rings is 1. The molecule has 2 atom stereocenters. The highest BCUT2D eigenvalue weighted by Crippen LogP contribution is 2.25. The number of benzene rings is 2. The van der Waals surface area contributed by atoms with Gasteiger partial charge in [0.25, 0.3) is 0 Å². The number of nitrogens with one attached hydrogen (secondary N) is 1. The maximum absolute atomic E-state index is 13.2. The molecule has 0 aliphatic carbocycles. The molecule has 3 aliphatic heterocycles. The molecule has 0 spiro atoms. The molecule has 0 radical (unpaired) electrons. The van der Waals surface area contributed by atoms with Crippen LogP contribution in [-0.2, 0) is 32.1 Å². The summed E-state index contributed by atoms with van der Waals surface area (Å²) in [4.78, 5) is 58.1. The predicted octanol–water partition coefficient (Wildman–Crippen LogP) is 1.85. The minimum atomic E-state index is -0.476. The van der Waals surface area contributed by atoms with E-state index in [1.54, 1.807) is 21.7 Å². The lowest BCUT2D eigenvalue weighted by molar-refractivity contribution is -0.139. The number of carbonyl (C=O) groups is 4. The van der Waals surface area contributed by atoms with Gasteiger partial charge in [0.05, 0.1) is 31.7 Å². The van der Waals surface area contributed by atoms with Crippen LogP contribution in [0.3, 0.4) is 0 Å². The first-order valence-electron chi connectivity index (χ1n) is 14.1. The van der Waals surface area contributed by atoms with Gasteiger partial charge in [0, 0.05) is 39.8 Å². The molecule has 2 fully saturated rings. The molecule has 3 heterocycles. The first kappa shape index (κ1) is 28.4. The van der Waals surface area contributed by atoms with Crippen LogP contribution in [0.15, 0.2) is 48.5 Å². The molecule has 5 amide bonds. The number of carbonyl (C=O) groups excluding carboxylic acids is 4. The van der Waals surface area contributed by atoms with Crippen molar-refractivity contribution < 1.29 is 28.7 Å². The van der Waals surface area contributed by atoms with Crippen LogP contribution in [0.5, 0.6) is 11.5 Å². The molecule has 11 heteroatoms. The average molecular weight is 564 g/mol. The van der Waals surface area contributed by atoms with Crippen LogP contribution in [0.25, 0.3) is 0 Å². The SMILES string of the molecule is CCN1CC(=O)N[C@H]2CN(C(=O)CN3CCN(C)C3=O)CC[C@@H]2OCc2cccc(c2)Oc2cccc(c2)CC1=O. The maximum atomic E-state index is 13.2. The molecule has 41 heavy (non-hydrogen) atoms. The van der Waals surface area contributed by atoms with E-state index in [9.17, 15) is 19.2 Å². The van der Waals surface area contributed by atoms with Crippen molar-refractivity contribution in [3.63, 3.8) is 0 Å². The number of ether oxygens (including phenoxy) is 2. The van der Waals surface area contributed by atoms with Crippen LogP contribution in [0.4, 0.5) is 4.79 Å². The fourth-order valence-electron chi connectivity index (χ4n) is 5.45. The number of likely N-dealkylation sites (tertiary alicyclic amines) is 1. The quantitative estimate of drug-likeness (QED) is 0.610. The normalized spacial score (nSPS) is 22.1. The van der Waals surface area contributed by atoms with Crippen LogP contribution < -0.4 is 10.1 Å². The van der Waals surface area contributed by atoms with Gasteiger partial charge in [-0.3, -0.25) is 14.4 Å². The number of rotatable bonds is 3. The van der Waals surface area contributed by atoms with E-state index in [4.69, 9.17) is 9.47 Å². The lowest BCUT2D eigenvalue weighted by Crippen LogP contribution is -2.59. The van der Waals surface area contributed by atoms with Crippen molar-refractivity contribution in [2.75, 3.05) is 52.9 Å². The Balaban J connectivity index is 1.35. The van der Waals surface area contributed by atoms with Crippen molar-refractivity contribution in [1.82, 2.24) is 24.9 Å². The van der Waals surface area contributed by atoms with Crippen molar-refractivity contribution in [3.8, 4) is 11.5 Å². The second-order valence-corrected chi connectivity index (χ2v) is 10.8. The third-order valence-corrected chi connectivity index (χ3v) is 7.80. The highest BCUT2D eigenvalue weighted by Gasteiger charge is 2.35. The molecular formula is C30H37N5O6. The molecule has 3 aliphatic rings. The smallest absolute Gasteiger partial charge is 0.320 e. The van der Waals surface area contributed by atoms with E-state index < -0.39 is 6.04 Å². The molecule has 0 saturated carbocycles. The molecule has 1 N–H and O–H groups in total. The Labute approximate surface area is 240 Å². The Morgan fingerprint density at radius 1 is 0.976 bits per heavy atom. The minimum Gasteiger partial charge on any atom is -0.457 e. The predicted molar refractivity (Wildman–Crippen MR) is 150 cm³/mol. The van der Waals surface area contributed by atoms with Crippen molar-refractivity contribution in [3.05, 3.63) is 59.7 Å². The lowest BCUT2D eigenvalue weighted by Gasteiger charge is -2.39. The summed E-state index contributed by atoms with van der Waals surface area (Å²) in [7, 11) is 1.72. The zero-order chi connectivity index (χ0) is 28.9. The van der Waals surface area contributed by atoms with Crippen LogP contribution in [0.2, 0.25) is 0 Å². The minimum absolute atomic E-state index is 0.000994. The number of hydrogen-bond acceptors (Lipinski definition) is 6. The van der Waals surface area contributed by atoms with Crippen LogP contribution in [0, 0.1) is 0 Å². The Hall–Kier alpha value is -4.12. The van der Waals surface area contributed by atoms with Gasteiger partial charge in [0.1, 0.15) is 18.0 Å². The number of likely N-dealkylation sites (N-methyl/N-ethyl adjacent to an activating group) is 2. The summed E-state index contributed by atoms with van der Waals surface area (Å²) < 4.78 is 12.4. The van der Waals surface area contributed by atoms with Gasteiger partial charge in [0.15, 0.2) is 0 Å². The summed E-state index contributed by atoms with van der Waals surface area (Å²) in [5, 5.41) is 3.04. The molecule has 5 rings (SSSR count). The third-order valence-electron chi connectivity index (χ3n) is 7.80. The molecule has 0 unspecified atom stereocenters. The molecule has 2 aromatic carbocycles. The fourth-order valence-corrected chi connectivity index (χ4v) is 5.45. The average Bonchev–Trinajstić information content (AvgIpc) is 3.27. The monoisotopic (exact) mass is 563 g/mol. The maximum Gasteiger partial charge on any atom is 0.320 e. The number of nitrogens with zero attached hydrogens (tertiary/aromatic N) is 4. The number of urea groups is 1. The highest BCUT2D eigenvalue weighted by molar-refractivity contribution is 5.87. The van der Waals surface area contributed by atoms with E-state index in [2.05, 4.69) is 5.32 Å². The van der Waals surface area contributed by atoms with Gasteiger partial charge < -0.3 is 34.4 Å². The Morgan fingerprint density at radius 3 is 2.41 bits per heavy atom. The van der Waals surface area contributed by atoms with Crippen molar-refractivity contribution in [2.45, 2.75) is 38.5 Å². The van der Waals surface area contributed by atoms with E-state index in [1.807, 2.05) is 55.5 Å². The lowest BCUT2D eigenvalue weighted by atomic mass is 10.0. The largest absolute Gasteiger partial charge is 0.457 e. The van der Waals surface area contributed by atoms with Gasteiger partial charge in [-0.05, 0) is 48.7 Å².